The second-order valence-electron chi connectivity index (χ2n) is 7.30. The summed E-state index contributed by atoms with van der Waals surface area (Å²) in [5, 5.41) is 2.90. The van der Waals surface area contributed by atoms with E-state index in [9.17, 15) is 9.59 Å². The predicted molar refractivity (Wildman–Crippen MR) is 102 cm³/mol. The second-order valence-corrected chi connectivity index (χ2v) is 8.22. The molecule has 6 nitrogen and oxygen atoms in total. The number of rotatable bonds is 3. The van der Waals surface area contributed by atoms with E-state index in [1.165, 1.54) is 0 Å². The van der Waals surface area contributed by atoms with Gasteiger partial charge in [0.1, 0.15) is 5.60 Å². The highest BCUT2D eigenvalue weighted by atomic mass is 79.9. The lowest BCUT2D eigenvalue weighted by molar-refractivity contribution is -0.118. The van der Waals surface area contributed by atoms with E-state index >= 15 is 0 Å². The predicted octanol–water partition coefficient (Wildman–Crippen LogP) is 3.33. The van der Waals surface area contributed by atoms with Crippen LogP contribution < -0.4 is 5.32 Å². The Morgan fingerprint density at radius 3 is 2.44 bits per heavy atom. The molecule has 1 saturated heterocycles. The molecule has 0 bridgehead atoms. The molecule has 2 rings (SSSR count). The van der Waals surface area contributed by atoms with Gasteiger partial charge in [0.25, 0.3) is 0 Å². The average Bonchev–Trinajstić information content (AvgIpc) is 2.50. The lowest BCUT2D eigenvalue weighted by atomic mass is 10.2. The maximum atomic E-state index is 12.2. The van der Waals surface area contributed by atoms with Crippen molar-refractivity contribution in [3.8, 4) is 0 Å². The van der Waals surface area contributed by atoms with Gasteiger partial charge in [0.15, 0.2) is 0 Å². The fraction of sp³-hybridized carbons (Fsp3) is 0.556. The van der Waals surface area contributed by atoms with Crippen molar-refractivity contribution in [1.29, 1.82) is 0 Å². The van der Waals surface area contributed by atoms with Crippen LogP contribution in [0, 0.1) is 0 Å². The number of hydrogen-bond acceptors (Lipinski definition) is 4. The summed E-state index contributed by atoms with van der Waals surface area (Å²) < 4.78 is 6.39. The molecule has 25 heavy (non-hydrogen) atoms. The molecule has 1 heterocycles. The molecular formula is C18H26BrN3O3. The zero-order valence-electron chi connectivity index (χ0n) is 15.2. The van der Waals surface area contributed by atoms with Gasteiger partial charge in [-0.1, -0.05) is 15.9 Å². The highest BCUT2D eigenvalue weighted by Gasteiger charge is 2.30. The molecule has 7 heteroatoms. The monoisotopic (exact) mass is 411 g/mol. The lowest BCUT2D eigenvalue weighted by Gasteiger charge is -2.39. The molecule has 0 radical (unpaired) electrons. The third-order valence-electron chi connectivity index (χ3n) is 3.89. The van der Waals surface area contributed by atoms with Gasteiger partial charge in [-0.25, -0.2) is 4.79 Å². The number of amides is 2. The maximum Gasteiger partial charge on any atom is 0.410 e. The Morgan fingerprint density at radius 1 is 1.24 bits per heavy atom. The number of piperazine rings is 1. The zero-order chi connectivity index (χ0) is 18.6. The van der Waals surface area contributed by atoms with Gasteiger partial charge >= 0.3 is 6.09 Å². The van der Waals surface area contributed by atoms with Gasteiger partial charge in [0, 0.05) is 35.8 Å². The first-order valence-electron chi connectivity index (χ1n) is 8.41. The molecule has 1 N–H and O–H groups in total. The summed E-state index contributed by atoms with van der Waals surface area (Å²) in [4.78, 5) is 28.2. The van der Waals surface area contributed by atoms with Crippen LogP contribution >= 0.6 is 15.9 Å². The molecule has 1 aromatic carbocycles. The van der Waals surface area contributed by atoms with E-state index in [1.807, 2.05) is 52.0 Å². The number of carbonyl (C=O) groups is 2. The van der Waals surface area contributed by atoms with Crippen molar-refractivity contribution in [3.63, 3.8) is 0 Å². The number of nitrogens with one attached hydrogen (secondary N) is 1. The van der Waals surface area contributed by atoms with Gasteiger partial charge in [0.05, 0.1) is 6.54 Å². The van der Waals surface area contributed by atoms with Crippen LogP contribution in [-0.4, -0.2) is 59.6 Å². The summed E-state index contributed by atoms with van der Waals surface area (Å²) in [7, 11) is 0. The fourth-order valence-corrected chi connectivity index (χ4v) is 2.90. The maximum absolute atomic E-state index is 12.2. The van der Waals surface area contributed by atoms with Crippen molar-refractivity contribution in [1.82, 2.24) is 9.80 Å². The largest absolute Gasteiger partial charge is 0.444 e. The van der Waals surface area contributed by atoms with E-state index in [0.29, 0.717) is 26.2 Å². The number of nitrogens with zero attached hydrogens (tertiary/aromatic N) is 2. The van der Waals surface area contributed by atoms with Gasteiger partial charge in [-0.05, 0) is 52.0 Å². The Hall–Kier alpha value is -1.60. The molecule has 1 atom stereocenters. The number of hydrogen-bond donors (Lipinski definition) is 1. The fourth-order valence-electron chi connectivity index (χ4n) is 2.64. The van der Waals surface area contributed by atoms with E-state index in [-0.39, 0.29) is 18.0 Å². The zero-order valence-corrected chi connectivity index (χ0v) is 16.8. The minimum atomic E-state index is -0.498. The van der Waals surface area contributed by atoms with Crippen molar-refractivity contribution in [3.05, 3.63) is 28.7 Å². The normalized spacial score (nSPS) is 18.8. The Balaban J connectivity index is 1.83. The molecule has 138 valence electrons. The van der Waals surface area contributed by atoms with Crippen LogP contribution in [0.15, 0.2) is 28.7 Å². The van der Waals surface area contributed by atoms with Crippen LogP contribution in [0.5, 0.6) is 0 Å². The van der Waals surface area contributed by atoms with Crippen LogP contribution in [0.2, 0.25) is 0 Å². The Kier molecular flexibility index (Phi) is 6.46. The van der Waals surface area contributed by atoms with Crippen molar-refractivity contribution in [2.24, 2.45) is 0 Å². The molecule has 0 aromatic heterocycles. The van der Waals surface area contributed by atoms with Gasteiger partial charge < -0.3 is 15.0 Å². The molecule has 1 aliphatic heterocycles. The van der Waals surface area contributed by atoms with E-state index in [2.05, 4.69) is 26.1 Å². The first kappa shape index (κ1) is 19.7. The van der Waals surface area contributed by atoms with Gasteiger partial charge in [-0.15, -0.1) is 0 Å². The molecule has 0 saturated carbocycles. The number of benzene rings is 1. The summed E-state index contributed by atoms with van der Waals surface area (Å²) in [6.45, 7) is 9.66. The van der Waals surface area contributed by atoms with Crippen LogP contribution in [0.3, 0.4) is 0 Å². The Bertz CT molecular complexity index is 613. The summed E-state index contributed by atoms with van der Waals surface area (Å²) in [5.41, 5.74) is 0.274. The van der Waals surface area contributed by atoms with E-state index in [0.717, 1.165) is 10.2 Å². The van der Waals surface area contributed by atoms with Gasteiger partial charge in [-0.3, -0.25) is 9.69 Å². The summed E-state index contributed by atoms with van der Waals surface area (Å²) in [6.07, 6.45) is -0.293. The molecule has 1 fully saturated rings. The number of anilines is 1. The number of ether oxygens (including phenoxy) is 1. The van der Waals surface area contributed by atoms with Gasteiger partial charge in [0.2, 0.25) is 5.91 Å². The minimum Gasteiger partial charge on any atom is -0.444 e. The molecular weight excluding hydrogens is 386 g/mol. The van der Waals surface area contributed by atoms with Crippen molar-refractivity contribution < 1.29 is 14.3 Å². The SMILES string of the molecule is C[C@H]1CN(C(=O)OC(C)(C)C)CCN1CC(=O)Nc1ccc(Br)cc1. The van der Waals surface area contributed by atoms with E-state index in [4.69, 9.17) is 4.74 Å². The highest BCUT2D eigenvalue weighted by Crippen LogP contribution is 2.16. The molecule has 0 spiro atoms. The molecule has 1 aliphatic rings. The minimum absolute atomic E-state index is 0.0557. The first-order valence-corrected chi connectivity index (χ1v) is 9.21. The molecule has 0 aliphatic carbocycles. The van der Waals surface area contributed by atoms with E-state index < -0.39 is 5.60 Å². The summed E-state index contributed by atoms with van der Waals surface area (Å²) >= 11 is 3.37. The first-order chi connectivity index (χ1) is 11.6. The summed E-state index contributed by atoms with van der Waals surface area (Å²) in [6, 6.07) is 7.57. The van der Waals surface area contributed by atoms with Crippen LogP contribution in [0.1, 0.15) is 27.7 Å². The van der Waals surface area contributed by atoms with Crippen LogP contribution in [-0.2, 0) is 9.53 Å². The van der Waals surface area contributed by atoms with Crippen LogP contribution in [0.4, 0.5) is 10.5 Å². The van der Waals surface area contributed by atoms with E-state index in [1.54, 1.807) is 4.90 Å². The number of carbonyl (C=O) groups excluding carboxylic acids is 2. The number of halogens is 1. The average molecular weight is 412 g/mol. The highest BCUT2D eigenvalue weighted by molar-refractivity contribution is 9.10. The smallest absolute Gasteiger partial charge is 0.410 e. The quantitative estimate of drug-likeness (QED) is 0.828. The Labute approximate surface area is 157 Å². The third kappa shape index (κ3) is 6.32. The topological polar surface area (TPSA) is 61.9 Å². The second kappa shape index (κ2) is 8.19. The van der Waals surface area contributed by atoms with Gasteiger partial charge in [-0.2, -0.15) is 0 Å². The summed E-state index contributed by atoms with van der Waals surface area (Å²) in [5.74, 6) is -0.0557. The standard InChI is InChI=1S/C18H26BrN3O3/c1-13-11-22(17(24)25-18(2,3)4)10-9-21(13)12-16(23)20-15-7-5-14(19)6-8-15/h5-8,13H,9-12H2,1-4H3,(H,20,23)/t13-/m0/s1. The molecule has 2 amide bonds. The van der Waals surface area contributed by atoms with Crippen molar-refractivity contribution >= 4 is 33.6 Å². The lowest BCUT2D eigenvalue weighted by Crippen LogP contribution is -2.55. The van der Waals surface area contributed by atoms with Crippen molar-refractivity contribution in [2.45, 2.75) is 39.3 Å². The molecule has 0 unspecified atom stereocenters. The Morgan fingerprint density at radius 2 is 1.88 bits per heavy atom. The van der Waals surface area contributed by atoms with Crippen molar-refractivity contribution in [2.75, 3.05) is 31.5 Å². The van der Waals surface area contributed by atoms with Crippen LogP contribution in [0.25, 0.3) is 0 Å². The molecule has 1 aromatic rings. The third-order valence-corrected chi connectivity index (χ3v) is 4.42.